The number of aromatic nitrogens is 2. The van der Waals surface area contributed by atoms with Crippen molar-refractivity contribution < 1.29 is 4.74 Å². The van der Waals surface area contributed by atoms with E-state index in [1.165, 1.54) is 5.56 Å². The summed E-state index contributed by atoms with van der Waals surface area (Å²) in [5.41, 5.74) is 4.23. The monoisotopic (exact) mass is 377 g/mol. The van der Waals surface area contributed by atoms with Crippen LogP contribution in [0.1, 0.15) is 25.0 Å². The minimum atomic E-state index is -0.0454. The summed E-state index contributed by atoms with van der Waals surface area (Å²) in [7, 11) is 0. The summed E-state index contributed by atoms with van der Waals surface area (Å²) < 4.78 is 7.35. The Kier molecular flexibility index (Phi) is 5.04. The van der Waals surface area contributed by atoms with Gasteiger partial charge >= 0.3 is 0 Å². The van der Waals surface area contributed by atoms with Crippen LogP contribution in [-0.2, 0) is 11.4 Å². The van der Waals surface area contributed by atoms with Crippen LogP contribution in [-0.4, -0.2) is 40.0 Å². The lowest BCUT2D eigenvalue weighted by atomic mass is 9.99. The SMILES string of the molecule is Cc1ccc(C)c(-c2nn(CN3C[C@H](C)OC[C@H]3C)c(=O)c3ccccc23)c1. The largest absolute Gasteiger partial charge is 0.376 e. The number of benzene rings is 2. The molecule has 1 aromatic heterocycles. The third kappa shape index (κ3) is 3.48. The second-order valence-electron chi connectivity index (χ2n) is 7.92. The Bertz CT molecular complexity index is 1070. The zero-order chi connectivity index (χ0) is 19.8. The highest BCUT2D eigenvalue weighted by Gasteiger charge is 2.25. The first kappa shape index (κ1) is 18.8. The second kappa shape index (κ2) is 7.49. The van der Waals surface area contributed by atoms with Crippen LogP contribution in [0.4, 0.5) is 0 Å². The Hall–Kier alpha value is -2.50. The average molecular weight is 377 g/mol. The van der Waals surface area contributed by atoms with Crippen LogP contribution in [0, 0.1) is 13.8 Å². The van der Waals surface area contributed by atoms with Crippen molar-refractivity contribution in [1.82, 2.24) is 14.7 Å². The molecule has 1 aliphatic heterocycles. The van der Waals surface area contributed by atoms with Crippen molar-refractivity contribution in [2.75, 3.05) is 13.2 Å². The van der Waals surface area contributed by atoms with Gasteiger partial charge < -0.3 is 4.74 Å². The molecule has 0 radical (unpaired) electrons. The van der Waals surface area contributed by atoms with E-state index < -0.39 is 0 Å². The number of hydrogen-bond donors (Lipinski definition) is 0. The van der Waals surface area contributed by atoms with Crippen molar-refractivity contribution in [3.63, 3.8) is 0 Å². The van der Waals surface area contributed by atoms with E-state index in [-0.39, 0.29) is 17.7 Å². The van der Waals surface area contributed by atoms with E-state index in [0.717, 1.165) is 28.8 Å². The van der Waals surface area contributed by atoms with Crippen LogP contribution >= 0.6 is 0 Å². The lowest BCUT2D eigenvalue weighted by Crippen LogP contribution is -2.49. The molecule has 0 saturated carbocycles. The molecule has 28 heavy (non-hydrogen) atoms. The van der Waals surface area contributed by atoms with Crippen LogP contribution in [0.25, 0.3) is 22.0 Å². The first-order valence-corrected chi connectivity index (χ1v) is 9.87. The Labute approximate surface area is 165 Å². The molecule has 2 aromatic carbocycles. The van der Waals surface area contributed by atoms with Crippen molar-refractivity contribution in [1.29, 1.82) is 0 Å². The van der Waals surface area contributed by atoms with E-state index >= 15 is 0 Å². The number of nitrogens with zero attached hydrogens (tertiary/aromatic N) is 3. The maximum Gasteiger partial charge on any atom is 0.275 e. The summed E-state index contributed by atoms with van der Waals surface area (Å²) in [5.74, 6) is 0. The molecule has 1 fully saturated rings. The van der Waals surface area contributed by atoms with Gasteiger partial charge in [-0.05, 0) is 45.4 Å². The van der Waals surface area contributed by atoms with Crippen LogP contribution in [0.5, 0.6) is 0 Å². The quantitative estimate of drug-likeness (QED) is 0.697. The van der Waals surface area contributed by atoms with Crippen LogP contribution < -0.4 is 5.56 Å². The van der Waals surface area contributed by atoms with Crippen molar-refractivity contribution in [3.8, 4) is 11.3 Å². The molecule has 2 atom stereocenters. The molecule has 0 amide bonds. The van der Waals surface area contributed by atoms with Gasteiger partial charge in [-0.1, -0.05) is 35.9 Å². The van der Waals surface area contributed by atoms with Crippen LogP contribution in [0.3, 0.4) is 0 Å². The second-order valence-corrected chi connectivity index (χ2v) is 7.92. The summed E-state index contributed by atoms with van der Waals surface area (Å²) >= 11 is 0. The highest BCUT2D eigenvalue weighted by Crippen LogP contribution is 2.28. The maximum atomic E-state index is 13.2. The Morgan fingerprint density at radius 2 is 1.86 bits per heavy atom. The molecule has 2 heterocycles. The van der Waals surface area contributed by atoms with Crippen molar-refractivity contribution >= 4 is 10.8 Å². The molecule has 5 heteroatoms. The maximum absolute atomic E-state index is 13.2. The van der Waals surface area contributed by atoms with Crippen molar-refractivity contribution in [2.45, 2.75) is 46.5 Å². The third-order valence-electron chi connectivity index (χ3n) is 5.57. The standard InChI is InChI=1S/C23H27N3O2/c1-15-9-10-16(2)21(11-15)22-19-7-5-6-8-20(19)23(27)26(24-22)14-25-12-18(4)28-13-17(25)3/h5-11,17-18H,12-14H2,1-4H3/t17-,18+/m1/s1. The summed E-state index contributed by atoms with van der Waals surface area (Å²) in [5, 5.41) is 6.46. The molecule has 0 spiro atoms. The van der Waals surface area contributed by atoms with Gasteiger partial charge in [0.2, 0.25) is 0 Å². The van der Waals surface area contributed by atoms with Crippen LogP contribution in [0.2, 0.25) is 0 Å². The fourth-order valence-corrected chi connectivity index (χ4v) is 3.86. The zero-order valence-electron chi connectivity index (χ0n) is 17.0. The number of morpholine rings is 1. The normalized spacial score (nSPS) is 20.6. The van der Waals surface area contributed by atoms with Gasteiger partial charge in [0.15, 0.2) is 0 Å². The van der Waals surface area contributed by atoms with Gasteiger partial charge in [-0.15, -0.1) is 0 Å². The molecule has 0 aliphatic carbocycles. The van der Waals surface area contributed by atoms with Gasteiger partial charge in [-0.2, -0.15) is 5.10 Å². The highest BCUT2D eigenvalue weighted by molar-refractivity contribution is 5.94. The lowest BCUT2D eigenvalue weighted by Gasteiger charge is -2.36. The van der Waals surface area contributed by atoms with Gasteiger partial charge in [0.1, 0.15) is 0 Å². The first-order valence-electron chi connectivity index (χ1n) is 9.87. The smallest absolute Gasteiger partial charge is 0.275 e. The first-order chi connectivity index (χ1) is 13.4. The predicted octanol–water partition coefficient (Wildman–Crippen LogP) is 3.75. The highest BCUT2D eigenvalue weighted by atomic mass is 16.5. The van der Waals surface area contributed by atoms with Gasteiger partial charge in [-0.3, -0.25) is 9.69 Å². The van der Waals surface area contributed by atoms with E-state index in [1.54, 1.807) is 4.68 Å². The van der Waals surface area contributed by atoms with Gasteiger partial charge in [0.25, 0.3) is 5.56 Å². The Balaban J connectivity index is 1.87. The number of fused-ring (bicyclic) bond motifs is 1. The summed E-state index contributed by atoms with van der Waals surface area (Å²) in [6, 6.07) is 14.4. The zero-order valence-corrected chi connectivity index (χ0v) is 17.0. The van der Waals surface area contributed by atoms with E-state index in [4.69, 9.17) is 9.84 Å². The molecular weight excluding hydrogens is 350 g/mol. The van der Waals surface area contributed by atoms with Gasteiger partial charge in [-0.25, -0.2) is 4.68 Å². The van der Waals surface area contributed by atoms with E-state index in [0.29, 0.717) is 18.7 Å². The van der Waals surface area contributed by atoms with E-state index in [9.17, 15) is 4.79 Å². The lowest BCUT2D eigenvalue weighted by molar-refractivity contribution is -0.0627. The topological polar surface area (TPSA) is 47.4 Å². The fourth-order valence-electron chi connectivity index (χ4n) is 3.86. The number of ether oxygens (including phenoxy) is 1. The number of hydrogen-bond acceptors (Lipinski definition) is 4. The minimum absolute atomic E-state index is 0.0454. The third-order valence-corrected chi connectivity index (χ3v) is 5.57. The molecule has 0 bridgehead atoms. The summed E-state index contributed by atoms with van der Waals surface area (Å²) in [6.07, 6.45) is 0.158. The predicted molar refractivity (Wildman–Crippen MR) is 112 cm³/mol. The van der Waals surface area contributed by atoms with Gasteiger partial charge in [0, 0.05) is 23.5 Å². The molecule has 1 aliphatic rings. The minimum Gasteiger partial charge on any atom is -0.376 e. The Morgan fingerprint density at radius 3 is 2.64 bits per heavy atom. The van der Waals surface area contributed by atoms with Gasteiger partial charge in [0.05, 0.1) is 30.5 Å². The van der Waals surface area contributed by atoms with Crippen molar-refractivity contribution in [3.05, 3.63) is 63.9 Å². The van der Waals surface area contributed by atoms with E-state index in [2.05, 4.69) is 50.8 Å². The summed E-state index contributed by atoms with van der Waals surface area (Å²) in [6.45, 7) is 10.3. The molecule has 146 valence electrons. The molecule has 3 aromatic rings. The number of aryl methyl sites for hydroxylation is 2. The van der Waals surface area contributed by atoms with E-state index in [1.807, 2.05) is 24.3 Å². The average Bonchev–Trinajstić information content (AvgIpc) is 2.69. The molecule has 1 saturated heterocycles. The number of rotatable bonds is 3. The molecule has 0 unspecified atom stereocenters. The van der Waals surface area contributed by atoms with Crippen LogP contribution in [0.15, 0.2) is 47.3 Å². The summed E-state index contributed by atoms with van der Waals surface area (Å²) in [4.78, 5) is 15.4. The van der Waals surface area contributed by atoms with Crippen molar-refractivity contribution in [2.24, 2.45) is 0 Å². The molecule has 5 nitrogen and oxygen atoms in total. The molecule has 0 N–H and O–H groups in total. The molecular formula is C23H27N3O2. The fraction of sp³-hybridized carbons (Fsp3) is 0.391. The Morgan fingerprint density at radius 1 is 1.11 bits per heavy atom. The molecule has 4 rings (SSSR count).